The second kappa shape index (κ2) is 6.97. The lowest BCUT2D eigenvalue weighted by molar-refractivity contribution is -0.137. The molecule has 0 unspecified atom stereocenters. The number of hydrogen-bond donors (Lipinski definition) is 1. The summed E-state index contributed by atoms with van der Waals surface area (Å²) in [5.41, 5.74) is 0.534. The molecule has 0 saturated carbocycles. The molecule has 3 aromatic heterocycles. The number of nitrogens with one attached hydrogen (secondary N) is 1. The molecule has 4 rings (SSSR count). The molecule has 0 bridgehead atoms. The zero-order valence-corrected chi connectivity index (χ0v) is 14.8. The number of carbonyl (C=O) groups excluding carboxylic acids is 1. The summed E-state index contributed by atoms with van der Waals surface area (Å²) in [5.74, 6) is -0.305. The van der Waals surface area contributed by atoms with E-state index in [4.69, 9.17) is 0 Å². The molecule has 0 atom stereocenters. The number of amides is 1. The van der Waals surface area contributed by atoms with Crippen LogP contribution in [-0.4, -0.2) is 25.8 Å². The number of pyridine rings is 1. The number of hydrogen-bond acceptors (Lipinski definition) is 6. The molecule has 0 radical (unpaired) electrons. The number of aromatic nitrogens is 4. The summed E-state index contributed by atoms with van der Waals surface area (Å²) in [6.45, 7) is 0. The van der Waals surface area contributed by atoms with E-state index in [1.165, 1.54) is 36.0 Å². The first-order valence-corrected chi connectivity index (χ1v) is 8.80. The Bertz CT molecular complexity index is 1160. The minimum atomic E-state index is -4.46. The fraction of sp³-hybridized carbons (Fsp3) is 0.0556. The lowest BCUT2D eigenvalue weighted by atomic mass is 10.1. The smallest absolute Gasteiger partial charge is 0.303 e. The van der Waals surface area contributed by atoms with Gasteiger partial charge in [-0.25, -0.2) is 19.9 Å². The summed E-state index contributed by atoms with van der Waals surface area (Å²) in [5, 5.41) is 4.53. The van der Waals surface area contributed by atoms with E-state index in [0.29, 0.717) is 11.2 Å². The lowest BCUT2D eigenvalue weighted by Gasteiger charge is -2.10. The largest absolute Gasteiger partial charge is 0.416 e. The van der Waals surface area contributed by atoms with Gasteiger partial charge in [-0.3, -0.25) is 4.79 Å². The molecule has 10 heteroatoms. The Balaban J connectivity index is 1.75. The molecule has 6 nitrogen and oxygen atoms in total. The molecule has 0 spiro atoms. The first-order valence-electron chi connectivity index (χ1n) is 7.92. The van der Waals surface area contributed by atoms with Gasteiger partial charge in [0.1, 0.15) is 11.8 Å². The summed E-state index contributed by atoms with van der Waals surface area (Å²) < 4.78 is 39.0. The SMILES string of the molecule is O=C(Nc1ncnc2ccc(-c3cccc(C(F)(F)F)c3)nc12)c1nccs1. The van der Waals surface area contributed by atoms with Gasteiger partial charge in [0, 0.05) is 17.1 Å². The molecule has 0 fully saturated rings. The van der Waals surface area contributed by atoms with Crippen LogP contribution in [0.2, 0.25) is 0 Å². The van der Waals surface area contributed by atoms with E-state index >= 15 is 0 Å². The average molecular weight is 401 g/mol. The lowest BCUT2D eigenvalue weighted by Crippen LogP contribution is -2.13. The molecule has 0 aliphatic heterocycles. The molecule has 1 N–H and O–H groups in total. The number of nitrogens with zero attached hydrogens (tertiary/aromatic N) is 4. The number of anilines is 1. The Morgan fingerprint density at radius 3 is 2.68 bits per heavy atom. The number of carbonyl (C=O) groups is 1. The van der Waals surface area contributed by atoms with Gasteiger partial charge in [0.05, 0.1) is 16.8 Å². The third-order valence-electron chi connectivity index (χ3n) is 3.83. The van der Waals surface area contributed by atoms with Gasteiger partial charge in [0.15, 0.2) is 10.8 Å². The number of thiazole rings is 1. The number of benzene rings is 1. The fourth-order valence-corrected chi connectivity index (χ4v) is 3.07. The quantitative estimate of drug-likeness (QED) is 0.550. The van der Waals surface area contributed by atoms with Crippen molar-refractivity contribution in [2.75, 3.05) is 5.32 Å². The minimum absolute atomic E-state index is 0.152. The van der Waals surface area contributed by atoms with Crippen LogP contribution in [0.15, 0.2) is 54.3 Å². The van der Waals surface area contributed by atoms with Crippen molar-refractivity contribution in [3.63, 3.8) is 0 Å². The molecule has 28 heavy (non-hydrogen) atoms. The van der Waals surface area contributed by atoms with Crippen LogP contribution >= 0.6 is 11.3 Å². The van der Waals surface area contributed by atoms with E-state index in [1.54, 1.807) is 17.5 Å². The van der Waals surface area contributed by atoms with Gasteiger partial charge in [-0.2, -0.15) is 13.2 Å². The molecule has 1 aromatic carbocycles. The van der Waals surface area contributed by atoms with Gasteiger partial charge in [0.2, 0.25) is 0 Å². The Morgan fingerprint density at radius 1 is 1.07 bits per heavy atom. The maximum absolute atomic E-state index is 13.0. The Labute approximate surface area is 160 Å². The maximum atomic E-state index is 13.0. The van der Waals surface area contributed by atoms with Crippen molar-refractivity contribution >= 4 is 34.1 Å². The average Bonchev–Trinajstić information content (AvgIpc) is 3.22. The van der Waals surface area contributed by atoms with E-state index in [2.05, 4.69) is 25.3 Å². The highest BCUT2D eigenvalue weighted by atomic mass is 32.1. The van der Waals surface area contributed by atoms with Crippen molar-refractivity contribution in [1.29, 1.82) is 0 Å². The summed E-state index contributed by atoms with van der Waals surface area (Å²) in [6.07, 6.45) is -1.68. The Hall–Kier alpha value is -3.40. The highest BCUT2D eigenvalue weighted by Crippen LogP contribution is 2.32. The van der Waals surface area contributed by atoms with Crippen LogP contribution in [0.3, 0.4) is 0 Å². The molecule has 0 saturated heterocycles. The fourth-order valence-electron chi connectivity index (χ4n) is 2.54. The third kappa shape index (κ3) is 3.54. The van der Waals surface area contributed by atoms with Gasteiger partial charge in [-0.05, 0) is 24.3 Å². The van der Waals surface area contributed by atoms with Crippen LogP contribution in [-0.2, 0) is 6.18 Å². The predicted octanol–water partition coefficient (Wildman–Crippen LogP) is 4.42. The highest BCUT2D eigenvalue weighted by molar-refractivity contribution is 7.11. The topological polar surface area (TPSA) is 80.7 Å². The van der Waals surface area contributed by atoms with Gasteiger partial charge < -0.3 is 5.32 Å². The Morgan fingerprint density at radius 2 is 1.93 bits per heavy atom. The molecule has 1 amide bonds. The van der Waals surface area contributed by atoms with E-state index in [9.17, 15) is 18.0 Å². The second-order valence-corrected chi connectivity index (χ2v) is 6.55. The van der Waals surface area contributed by atoms with Crippen molar-refractivity contribution in [1.82, 2.24) is 19.9 Å². The van der Waals surface area contributed by atoms with Crippen molar-refractivity contribution in [2.45, 2.75) is 6.18 Å². The van der Waals surface area contributed by atoms with E-state index < -0.39 is 17.6 Å². The third-order valence-corrected chi connectivity index (χ3v) is 4.60. The number of alkyl halides is 3. The molecule has 3 heterocycles. The number of rotatable bonds is 3. The zero-order chi connectivity index (χ0) is 19.7. The maximum Gasteiger partial charge on any atom is 0.416 e. The van der Waals surface area contributed by atoms with E-state index in [0.717, 1.165) is 12.1 Å². The zero-order valence-electron chi connectivity index (χ0n) is 13.9. The van der Waals surface area contributed by atoms with Crippen LogP contribution < -0.4 is 5.32 Å². The first kappa shape index (κ1) is 18.0. The molecule has 0 aliphatic rings. The summed E-state index contributed by atoms with van der Waals surface area (Å²) in [6, 6.07) is 8.03. The second-order valence-electron chi connectivity index (χ2n) is 5.66. The van der Waals surface area contributed by atoms with Gasteiger partial charge in [-0.1, -0.05) is 12.1 Å². The van der Waals surface area contributed by atoms with Crippen LogP contribution in [0, 0.1) is 0 Å². The highest BCUT2D eigenvalue weighted by Gasteiger charge is 2.30. The first-order chi connectivity index (χ1) is 13.4. The number of halogens is 3. The van der Waals surface area contributed by atoms with E-state index in [1.807, 2.05) is 0 Å². The van der Waals surface area contributed by atoms with Gasteiger partial charge in [-0.15, -0.1) is 11.3 Å². The van der Waals surface area contributed by atoms with Crippen molar-refractivity contribution in [3.05, 3.63) is 64.9 Å². The monoisotopic (exact) mass is 401 g/mol. The van der Waals surface area contributed by atoms with Crippen molar-refractivity contribution in [3.8, 4) is 11.3 Å². The van der Waals surface area contributed by atoms with Crippen LogP contribution in [0.25, 0.3) is 22.3 Å². The number of fused-ring (bicyclic) bond motifs is 1. The van der Waals surface area contributed by atoms with E-state index in [-0.39, 0.29) is 21.9 Å². The summed E-state index contributed by atoms with van der Waals surface area (Å²) in [4.78, 5) is 28.7. The molecule has 0 aliphatic carbocycles. The summed E-state index contributed by atoms with van der Waals surface area (Å²) in [7, 11) is 0. The van der Waals surface area contributed by atoms with Gasteiger partial charge in [0.25, 0.3) is 5.91 Å². The molecular weight excluding hydrogens is 391 g/mol. The molecule has 140 valence electrons. The molecular formula is C18H10F3N5OS. The molecule has 4 aromatic rings. The van der Waals surface area contributed by atoms with Crippen molar-refractivity contribution in [2.24, 2.45) is 0 Å². The Kier molecular flexibility index (Phi) is 4.47. The minimum Gasteiger partial charge on any atom is -0.303 e. The van der Waals surface area contributed by atoms with Crippen LogP contribution in [0.1, 0.15) is 15.4 Å². The summed E-state index contributed by atoms with van der Waals surface area (Å²) >= 11 is 1.17. The standard InChI is InChI=1S/C18H10F3N5OS/c19-18(20,21)11-3-1-2-10(8-11)12-4-5-13-14(25-12)15(24-9-23-13)26-16(27)17-22-6-7-28-17/h1-9H,(H,23,24,26,27). The van der Waals surface area contributed by atoms with Crippen molar-refractivity contribution < 1.29 is 18.0 Å². The van der Waals surface area contributed by atoms with Gasteiger partial charge >= 0.3 is 6.18 Å². The van der Waals surface area contributed by atoms with Crippen LogP contribution in [0.5, 0.6) is 0 Å². The van der Waals surface area contributed by atoms with Crippen LogP contribution in [0.4, 0.5) is 19.0 Å². The predicted molar refractivity (Wildman–Crippen MR) is 97.8 cm³/mol. The normalized spacial score (nSPS) is 11.5.